The fraction of sp³-hybridized carbons (Fsp3) is 0.208. The van der Waals surface area contributed by atoms with Crippen LogP contribution in [0, 0.1) is 5.82 Å². The topological polar surface area (TPSA) is 82.7 Å². The van der Waals surface area contributed by atoms with Crippen molar-refractivity contribution >= 4 is 28.4 Å². The van der Waals surface area contributed by atoms with E-state index in [2.05, 4.69) is 46.6 Å². The smallest absolute Gasteiger partial charge is 0.308 e. The van der Waals surface area contributed by atoms with Crippen LogP contribution >= 0.6 is 0 Å². The third-order valence-corrected chi connectivity index (χ3v) is 5.19. The molecule has 0 aliphatic carbocycles. The Morgan fingerprint density at radius 3 is 2.32 bits per heavy atom. The van der Waals surface area contributed by atoms with Crippen molar-refractivity contribution in [3.63, 3.8) is 0 Å². The first-order valence-corrected chi connectivity index (χ1v) is 10.3. The van der Waals surface area contributed by atoms with Gasteiger partial charge in [0, 0.05) is 22.2 Å². The van der Waals surface area contributed by atoms with E-state index in [0.29, 0.717) is 29.5 Å². The van der Waals surface area contributed by atoms with Gasteiger partial charge in [-0.1, -0.05) is 32.9 Å². The van der Waals surface area contributed by atoms with Crippen molar-refractivity contribution < 1.29 is 22.4 Å². The van der Waals surface area contributed by atoms with Gasteiger partial charge in [0.15, 0.2) is 5.65 Å². The Kier molecular flexibility index (Phi) is 5.76. The summed E-state index contributed by atoms with van der Waals surface area (Å²) in [5, 5.41) is 12.4. The van der Waals surface area contributed by atoms with Gasteiger partial charge in [-0.05, 0) is 47.5 Å². The third kappa shape index (κ3) is 4.85. The minimum atomic E-state index is -4.66. The number of hydrogen-bond acceptors (Lipinski definition) is 3. The van der Waals surface area contributed by atoms with Crippen LogP contribution in [-0.2, 0) is 11.6 Å². The largest absolute Gasteiger partial charge is 0.416 e. The zero-order valence-electron chi connectivity index (χ0n) is 18.5. The van der Waals surface area contributed by atoms with E-state index in [4.69, 9.17) is 0 Å². The highest BCUT2D eigenvalue weighted by molar-refractivity contribution is 6.00. The predicted octanol–water partition coefficient (Wildman–Crippen LogP) is 6.72. The number of halogens is 4. The van der Waals surface area contributed by atoms with Crippen molar-refractivity contribution in [3.8, 4) is 11.1 Å². The van der Waals surface area contributed by atoms with E-state index in [0.717, 1.165) is 22.2 Å². The van der Waals surface area contributed by atoms with Crippen LogP contribution in [0.5, 0.6) is 0 Å². The quantitative estimate of drug-likeness (QED) is 0.290. The molecular weight excluding hydrogens is 450 g/mol. The van der Waals surface area contributed by atoms with Crippen LogP contribution in [-0.4, -0.2) is 21.2 Å². The summed E-state index contributed by atoms with van der Waals surface area (Å²) in [6.45, 7) is 6.17. The van der Waals surface area contributed by atoms with Gasteiger partial charge in [-0.3, -0.25) is 5.10 Å². The van der Waals surface area contributed by atoms with Gasteiger partial charge in [0.05, 0.1) is 17.4 Å². The van der Waals surface area contributed by atoms with Gasteiger partial charge in [-0.15, -0.1) is 0 Å². The summed E-state index contributed by atoms with van der Waals surface area (Å²) < 4.78 is 52.5. The molecular formula is C24H21F4N5O. The van der Waals surface area contributed by atoms with Crippen molar-refractivity contribution in [3.05, 3.63) is 71.8 Å². The number of H-pyrrole nitrogens is 1. The number of nitrogens with one attached hydrogen (secondary N) is 3. The van der Waals surface area contributed by atoms with Gasteiger partial charge in [-0.25, -0.2) is 14.2 Å². The van der Waals surface area contributed by atoms with Crippen molar-refractivity contribution in [2.75, 3.05) is 10.6 Å². The molecule has 0 radical (unpaired) electrons. The Balaban J connectivity index is 1.55. The minimum absolute atomic E-state index is 0.188. The van der Waals surface area contributed by atoms with Crippen LogP contribution in [0.4, 0.5) is 33.7 Å². The molecule has 0 bridgehead atoms. The molecule has 2 heterocycles. The van der Waals surface area contributed by atoms with Gasteiger partial charge in [0.2, 0.25) is 0 Å². The average molecular weight is 471 g/mol. The number of hydrogen-bond donors (Lipinski definition) is 3. The molecule has 4 rings (SSSR count). The van der Waals surface area contributed by atoms with Gasteiger partial charge < -0.3 is 10.6 Å². The SMILES string of the molecule is CC(C)(C)c1cc(-c2ccc(NC(=O)Nc3cc(C(F)(F)F)ccc3F)cc2)c2cn[nH]c2n1. The first-order chi connectivity index (χ1) is 15.9. The lowest BCUT2D eigenvalue weighted by Gasteiger charge is -2.19. The molecule has 0 unspecified atom stereocenters. The molecule has 34 heavy (non-hydrogen) atoms. The second-order valence-corrected chi connectivity index (χ2v) is 8.79. The molecule has 0 atom stereocenters. The van der Waals surface area contributed by atoms with Crippen LogP contribution in [0.3, 0.4) is 0 Å². The Hall–Kier alpha value is -3.95. The Morgan fingerprint density at radius 2 is 1.68 bits per heavy atom. The maximum atomic E-state index is 13.9. The van der Waals surface area contributed by atoms with Gasteiger partial charge >= 0.3 is 12.2 Å². The summed E-state index contributed by atoms with van der Waals surface area (Å²) in [5.74, 6) is -0.977. The van der Waals surface area contributed by atoms with Crippen LogP contribution in [0.2, 0.25) is 0 Å². The highest BCUT2D eigenvalue weighted by atomic mass is 19.4. The van der Waals surface area contributed by atoms with E-state index in [1.165, 1.54) is 0 Å². The maximum Gasteiger partial charge on any atom is 0.416 e. The molecule has 10 heteroatoms. The van der Waals surface area contributed by atoms with E-state index in [1.54, 1.807) is 30.5 Å². The number of nitrogens with zero attached hydrogens (tertiary/aromatic N) is 2. The highest BCUT2D eigenvalue weighted by Gasteiger charge is 2.31. The lowest BCUT2D eigenvalue weighted by atomic mass is 9.89. The number of carbonyl (C=O) groups excluding carboxylic acids is 1. The average Bonchev–Trinajstić information content (AvgIpc) is 3.22. The molecule has 0 spiro atoms. The number of urea groups is 1. The zero-order chi connectivity index (χ0) is 24.7. The first kappa shape index (κ1) is 23.2. The lowest BCUT2D eigenvalue weighted by Crippen LogP contribution is -2.20. The summed E-state index contributed by atoms with van der Waals surface area (Å²) >= 11 is 0. The number of anilines is 2. The lowest BCUT2D eigenvalue weighted by molar-refractivity contribution is -0.137. The van der Waals surface area contributed by atoms with Crippen LogP contribution in [0.25, 0.3) is 22.2 Å². The molecule has 2 aromatic heterocycles. The normalized spacial score (nSPS) is 12.1. The molecule has 0 saturated heterocycles. The molecule has 3 N–H and O–H groups in total. The van der Waals surface area contributed by atoms with Crippen LogP contribution in [0.1, 0.15) is 32.0 Å². The minimum Gasteiger partial charge on any atom is -0.308 e. The summed E-state index contributed by atoms with van der Waals surface area (Å²) in [4.78, 5) is 16.9. The zero-order valence-corrected chi connectivity index (χ0v) is 18.5. The fourth-order valence-electron chi connectivity index (χ4n) is 3.37. The van der Waals surface area contributed by atoms with Crippen LogP contribution in [0.15, 0.2) is 54.7 Å². The Morgan fingerprint density at radius 1 is 0.971 bits per heavy atom. The van der Waals surface area contributed by atoms with E-state index >= 15 is 0 Å². The second kappa shape index (κ2) is 8.44. The number of fused-ring (bicyclic) bond motifs is 1. The van der Waals surface area contributed by atoms with Crippen molar-refractivity contribution in [2.24, 2.45) is 0 Å². The van der Waals surface area contributed by atoms with E-state index in [9.17, 15) is 22.4 Å². The van der Waals surface area contributed by atoms with E-state index in [1.807, 2.05) is 6.07 Å². The molecule has 2 aromatic carbocycles. The number of rotatable bonds is 3. The molecule has 2 amide bonds. The van der Waals surface area contributed by atoms with Crippen molar-refractivity contribution in [2.45, 2.75) is 32.4 Å². The molecule has 176 valence electrons. The van der Waals surface area contributed by atoms with E-state index < -0.39 is 29.3 Å². The summed E-state index contributed by atoms with van der Waals surface area (Å²) in [6.07, 6.45) is -2.97. The molecule has 4 aromatic rings. The van der Waals surface area contributed by atoms with E-state index in [-0.39, 0.29) is 5.41 Å². The van der Waals surface area contributed by atoms with Crippen molar-refractivity contribution in [1.82, 2.24) is 15.2 Å². The van der Waals surface area contributed by atoms with Gasteiger partial charge in [-0.2, -0.15) is 18.3 Å². The Labute approximate surface area is 192 Å². The number of amides is 2. The number of aromatic amines is 1. The molecule has 0 saturated carbocycles. The Bertz CT molecular complexity index is 1350. The monoisotopic (exact) mass is 471 g/mol. The summed E-state index contributed by atoms with van der Waals surface area (Å²) in [7, 11) is 0. The fourth-order valence-corrected chi connectivity index (χ4v) is 3.37. The number of carbonyl (C=O) groups is 1. The maximum absolute atomic E-state index is 13.9. The van der Waals surface area contributed by atoms with Crippen molar-refractivity contribution in [1.29, 1.82) is 0 Å². The second-order valence-electron chi connectivity index (χ2n) is 8.79. The summed E-state index contributed by atoms with van der Waals surface area (Å²) in [5.41, 5.74) is 1.86. The summed E-state index contributed by atoms with van der Waals surface area (Å²) in [6, 6.07) is 9.78. The third-order valence-electron chi connectivity index (χ3n) is 5.19. The van der Waals surface area contributed by atoms with Gasteiger partial charge in [0.25, 0.3) is 0 Å². The molecule has 6 nitrogen and oxygen atoms in total. The van der Waals surface area contributed by atoms with Crippen LogP contribution < -0.4 is 10.6 Å². The number of benzene rings is 2. The standard InChI is InChI=1S/C24H21F4N5O/c1-23(2,3)20-11-16(17-12-29-33-21(17)32-20)13-4-7-15(8-5-13)30-22(34)31-19-10-14(24(26,27)28)6-9-18(19)25/h4-12H,1-3H3,(H,29,32,33)(H2,30,31,34). The molecule has 0 aliphatic heterocycles. The predicted molar refractivity (Wildman–Crippen MR) is 122 cm³/mol. The number of aromatic nitrogens is 3. The number of alkyl halides is 3. The first-order valence-electron chi connectivity index (χ1n) is 10.3. The van der Waals surface area contributed by atoms with Gasteiger partial charge in [0.1, 0.15) is 5.82 Å². The molecule has 0 fully saturated rings. The highest BCUT2D eigenvalue weighted by Crippen LogP contribution is 2.33. The molecule has 0 aliphatic rings. The number of pyridine rings is 1.